The molecule has 2 N–H and O–H groups in total. The zero-order valence-corrected chi connectivity index (χ0v) is 14.9. The van der Waals surface area contributed by atoms with E-state index < -0.39 is 5.97 Å². The molecule has 4 aromatic rings. The highest BCUT2D eigenvalue weighted by Crippen LogP contribution is 2.33. The van der Waals surface area contributed by atoms with Gasteiger partial charge in [-0.05, 0) is 35.2 Å². The highest BCUT2D eigenvalue weighted by Gasteiger charge is 2.14. The topological polar surface area (TPSA) is 53.1 Å². The average molecular weight is 353 g/mol. The maximum Gasteiger partial charge on any atom is 0.352 e. The number of aromatic nitrogens is 1. The lowest BCUT2D eigenvalue weighted by atomic mass is 9.96. The van der Waals surface area contributed by atoms with Crippen molar-refractivity contribution in [3.05, 3.63) is 95.2 Å². The van der Waals surface area contributed by atoms with Gasteiger partial charge in [0, 0.05) is 10.9 Å². The van der Waals surface area contributed by atoms with Crippen molar-refractivity contribution in [2.24, 2.45) is 0 Å². The zero-order chi connectivity index (χ0) is 18.8. The van der Waals surface area contributed by atoms with Crippen LogP contribution in [0.3, 0.4) is 0 Å². The lowest BCUT2D eigenvalue weighted by molar-refractivity contribution is 0.0691. The number of H-pyrrole nitrogens is 1. The summed E-state index contributed by atoms with van der Waals surface area (Å²) in [6.07, 6.45) is 4.06. The van der Waals surface area contributed by atoms with Crippen molar-refractivity contribution >= 4 is 29.0 Å². The lowest BCUT2D eigenvalue weighted by Crippen LogP contribution is -1.95. The van der Waals surface area contributed by atoms with Crippen LogP contribution in [0, 0.1) is 6.92 Å². The van der Waals surface area contributed by atoms with Gasteiger partial charge in [0.15, 0.2) is 0 Å². The minimum Gasteiger partial charge on any atom is -0.477 e. The molecule has 0 aliphatic carbocycles. The first-order chi connectivity index (χ1) is 13.1. The third-order valence-corrected chi connectivity index (χ3v) is 4.75. The van der Waals surface area contributed by atoms with Crippen LogP contribution < -0.4 is 0 Å². The Morgan fingerprint density at radius 1 is 0.889 bits per heavy atom. The van der Waals surface area contributed by atoms with Crippen LogP contribution in [0.5, 0.6) is 0 Å². The second kappa shape index (κ2) is 6.96. The first kappa shape index (κ1) is 16.9. The molecule has 0 fully saturated rings. The van der Waals surface area contributed by atoms with E-state index in [0.717, 1.165) is 38.7 Å². The number of carboxylic acids is 1. The van der Waals surface area contributed by atoms with Gasteiger partial charge in [-0.25, -0.2) is 4.79 Å². The third-order valence-electron chi connectivity index (χ3n) is 4.75. The van der Waals surface area contributed by atoms with Crippen molar-refractivity contribution in [1.29, 1.82) is 0 Å². The molecule has 3 nitrogen and oxygen atoms in total. The Bertz CT molecular complexity index is 1150. The summed E-state index contributed by atoms with van der Waals surface area (Å²) < 4.78 is 0. The Kier molecular flexibility index (Phi) is 4.35. The molecule has 0 saturated heterocycles. The number of aromatic carboxylic acids is 1. The number of aromatic amines is 1. The van der Waals surface area contributed by atoms with E-state index in [1.807, 2.05) is 60.7 Å². The largest absolute Gasteiger partial charge is 0.477 e. The smallest absolute Gasteiger partial charge is 0.352 e. The molecule has 0 aliphatic rings. The molecular weight excluding hydrogens is 334 g/mol. The van der Waals surface area contributed by atoms with Gasteiger partial charge < -0.3 is 10.1 Å². The van der Waals surface area contributed by atoms with Crippen molar-refractivity contribution in [3.8, 4) is 11.1 Å². The molecule has 0 saturated carbocycles. The van der Waals surface area contributed by atoms with E-state index in [2.05, 4.69) is 30.1 Å². The van der Waals surface area contributed by atoms with Crippen LogP contribution in [-0.4, -0.2) is 16.1 Å². The number of nitrogens with one attached hydrogen (secondary N) is 1. The molecule has 0 aliphatic heterocycles. The molecule has 27 heavy (non-hydrogen) atoms. The minimum absolute atomic E-state index is 0.195. The van der Waals surface area contributed by atoms with Gasteiger partial charge in [0.25, 0.3) is 0 Å². The normalized spacial score (nSPS) is 11.3. The first-order valence-corrected chi connectivity index (χ1v) is 8.81. The van der Waals surface area contributed by atoms with Gasteiger partial charge in [-0.1, -0.05) is 78.9 Å². The first-order valence-electron chi connectivity index (χ1n) is 8.81. The number of hydrogen-bond donors (Lipinski definition) is 2. The van der Waals surface area contributed by atoms with E-state index in [4.69, 9.17) is 0 Å². The lowest BCUT2D eigenvalue weighted by Gasteiger charge is -2.09. The molecular formula is C24H19NO2. The Labute approximate surface area is 157 Å². The molecule has 0 radical (unpaired) electrons. The Morgan fingerprint density at radius 3 is 2.37 bits per heavy atom. The minimum atomic E-state index is -0.958. The number of rotatable bonds is 4. The summed E-state index contributed by atoms with van der Waals surface area (Å²) in [6.45, 7) is 2.06. The number of aryl methyl sites for hydroxylation is 1. The van der Waals surface area contributed by atoms with Gasteiger partial charge in [-0.3, -0.25) is 0 Å². The summed E-state index contributed by atoms with van der Waals surface area (Å²) in [7, 11) is 0. The number of hydrogen-bond acceptors (Lipinski definition) is 1. The standard InChI is InChI=1S/C24H19NO2/c1-16-7-5-6-10-19(16)20-14-13-18(12-11-17-8-3-2-4-9-17)21-15-22(24(26)27)25-23(20)21/h2-15,25H,1H3,(H,26,27). The van der Waals surface area contributed by atoms with Crippen LogP contribution in [0.1, 0.15) is 27.2 Å². The number of carboxylic acid groups (broad SMARTS) is 1. The number of carbonyl (C=O) groups is 1. The molecule has 132 valence electrons. The summed E-state index contributed by atoms with van der Waals surface area (Å²) in [5.41, 5.74) is 6.38. The summed E-state index contributed by atoms with van der Waals surface area (Å²) in [6, 6.07) is 24.0. The van der Waals surface area contributed by atoms with Crippen LogP contribution in [-0.2, 0) is 0 Å². The maximum atomic E-state index is 11.5. The van der Waals surface area contributed by atoms with E-state index in [-0.39, 0.29) is 5.69 Å². The molecule has 0 unspecified atom stereocenters. The second-order valence-electron chi connectivity index (χ2n) is 6.54. The highest BCUT2D eigenvalue weighted by atomic mass is 16.4. The number of benzene rings is 3. The molecule has 0 atom stereocenters. The van der Waals surface area contributed by atoms with Gasteiger partial charge in [-0.15, -0.1) is 0 Å². The molecule has 0 amide bonds. The predicted octanol–water partition coefficient (Wildman–Crippen LogP) is 6.01. The van der Waals surface area contributed by atoms with Gasteiger partial charge in [0.05, 0.1) is 5.52 Å². The summed E-state index contributed by atoms with van der Waals surface area (Å²) >= 11 is 0. The maximum absolute atomic E-state index is 11.5. The van der Waals surface area contributed by atoms with E-state index in [0.29, 0.717) is 0 Å². The molecule has 0 bridgehead atoms. The fourth-order valence-electron chi connectivity index (χ4n) is 3.35. The summed E-state index contributed by atoms with van der Waals surface area (Å²) in [4.78, 5) is 14.6. The molecule has 3 heteroatoms. The monoisotopic (exact) mass is 353 g/mol. The van der Waals surface area contributed by atoms with Crippen LogP contribution in [0.15, 0.2) is 72.8 Å². The fourth-order valence-corrected chi connectivity index (χ4v) is 3.35. The summed E-state index contributed by atoms with van der Waals surface area (Å²) in [5, 5.41) is 10.4. The van der Waals surface area contributed by atoms with E-state index in [1.54, 1.807) is 6.07 Å². The van der Waals surface area contributed by atoms with Crippen molar-refractivity contribution in [1.82, 2.24) is 4.98 Å². The Hall–Kier alpha value is -3.59. The van der Waals surface area contributed by atoms with Gasteiger partial charge in [0.1, 0.15) is 5.69 Å². The second-order valence-corrected chi connectivity index (χ2v) is 6.54. The SMILES string of the molecule is Cc1ccccc1-c1ccc(C=Cc2ccccc2)c2cc(C(=O)O)[nH]c12. The number of fused-ring (bicyclic) bond motifs is 1. The quantitative estimate of drug-likeness (QED) is 0.441. The van der Waals surface area contributed by atoms with Crippen LogP contribution in [0.25, 0.3) is 34.2 Å². The van der Waals surface area contributed by atoms with Crippen LogP contribution in [0.2, 0.25) is 0 Å². The predicted molar refractivity (Wildman–Crippen MR) is 111 cm³/mol. The van der Waals surface area contributed by atoms with Crippen molar-refractivity contribution < 1.29 is 9.90 Å². The van der Waals surface area contributed by atoms with Crippen LogP contribution >= 0.6 is 0 Å². The highest BCUT2D eigenvalue weighted by molar-refractivity contribution is 6.04. The zero-order valence-electron chi connectivity index (χ0n) is 14.9. The van der Waals surface area contributed by atoms with Gasteiger partial charge in [0.2, 0.25) is 0 Å². The fraction of sp³-hybridized carbons (Fsp3) is 0.0417. The van der Waals surface area contributed by atoms with Crippen LogP contribution in [0.4, 0.5) is 0 Å². The van der Waals surface area contributed by atoms with E-state index in [1.165, 1.54) is 0 Å². The van der Waals surface area contributed by atoms with E-state index in [9.17, 15) is 9.90 Å². The van der Waals surface area contributed by atoms with Gasteiger partial charge in [-0.2, -0.15) is 0 Å². The Balaban J connectivity index is 1.90. The molecule has 1 aromatic heterocycles. The van der Waals surface area contributed by atoms with Crippen molar-refractivity contribution in [2.75, 3.05) is 0 Å². The molecule has 4 rings (SSSR count). The van der Waals surface area contributed by atoms with Crippen molar-refractivity contribution in [2.45, 2.75) is 6.92 Å². The van der Waals surface area contributed by atoms with Crippen molar-refractivity contribution in [3.63, 3.8) is 0 Å². The molecule has 0 spiro atoms. The van der Waals surface area contributed by atoms with Gasteiger partial charge >= 0.3 is 5.97 Å². The molecule has 1 heterocycles. The average Bonchev–Trinajstić information content (AvgIpc) is 3.14. The summed E-state index contributed by atoms with van der Waals surface area (Å²) in [5.74, 6) is -0.958. The van der Waals surface area contributed by atoms with E-state index >= 15 is 0 Å². The third kappa shape index (κ3) is 3.27. The molecule has 3 aromatic carbocycles. The Morgan fingerprint density at radius 2 is 1.63 bits per heavy atom.